The summed E-state index contributed by atoms with van der Waals surface area (Å²) in [5, 5.41) is 0. The van der Waals surface area contributed by atoms with E-state index in [0.717, 1.165) is 11.8 Å². The molecule has 1 heterocycles. The molecule has 1 fully saturated rings. The van der Waals surface area contributed by atoms with Crippen LogP contribution in [0.1, 0.15) is 40.0 Å². The number of nitrogens with zero attached hydrogens (tertiary/aromatic N) is 1. The van der Waals surface area contributed by atoms with Crippen LogP contribution < -0.4 is 0 Å². The van der Waals surface area contributed by atoms with Crippen LogP contribution in [0.25, 0.3) is 0 Å². The summed E-state index contributed by atoms with van der Waals surface area (Å²) in [5.74, 6) is 2.17. The SMILES string of the molecule is CN1CCC[C@@H]1CCSCC(=O)C(C)(C)C. The van der Waals surface area contributed by atoms with E-state index in [9.17, 15) is 4.79 Å². The maximum atomic E-state index is 11.7. The third kappa shape index (κ3) is 4.46. The van der Waals surface area contributed by atoms with Crippen molar-refractivity contribution in [3.8, 4) is 0 Å². The first-order valence-electron chi connectivity index (χ1n) is 6.22. The van der Waals surface area contributed by atoms with Crippen molar-refractivity contribution in [2.75, 3.05) is 25.1 Å². The van der Waals surface area contributed by atoms with Crippen molar-refractivity contribution >= 4 is 17.5 Å². The van der Waals surface area contributed by atoms with Gasteiger partial charge in [-0.2, -0.15) is 11.8 Å². The molecule has 1 aliphatic rings. The minimum Gasteiger partial charge on any atom is -0.303 e. The highest BCUT2D eigenvalue weighted by molar-refractivity contribution is 7.99. The van der Waals surface area contributed by atoms with Crippen LogP contribution in [-0.2, 0) is 4.79 Å². The first-order valence-corrected chi connectivity index (χ1v) is 7.38. The molecule has 0 N–H and O–H groups in total. The van der Waals surface area contributed by atoms with E-state index in [1.807, 2.05) is 20.8 Å². The minimum absolute atomic E-state index is 0.169. The van der Waals surface area contributed by atoms with E-state index in [-0.39, 0.29) is 5.41 Å². The first-order chi connectivity index (χ1) is 7.41. The molecule has 1 saturated heterocycles. The molecule has 0 aromatic heterocycles. The van der Waals surface area contributed by atoms with Gasteiger partial charge in [-0.25, -0.2) is 0 Å². The summed E-state index contributed by atoms with van der Waals surface area (Å²) in [4.78, 5) is 14.1. The number of ketones is 1. The second-order valence-electron chi connectivity index (χ2n) is 5.79. The number of carbonyl (C=O) groups excluding carboxylic acids is 1. The Balaban J connectivity index is 2.10. The molecule has 16 heavy (non-hydrogen) atoms. The number of likely N-dealkylation sites (tertiary alicyclic amines) is 1. The van der Waals surface area contributed by atoms with Crippen molar-refractivity contribution in [3.05, 3.63) is 0 Å². The summed E-state index contributed by atoms with van der Waals surface area (Å²) in [6.45, 7) is 7.25. The van der Waals surface area contributed by atoms with E-state index in [2.05, 4.69) is 11.9 Å². The molecule has 0 aromatic carbocycles. The lowest BCUT2D eigenvalue weighted by atomic mass is 9.92. The van der Waals surface area contributed by atoms with Crippen LogP contribution in [0.4, 0.5) is 0 Å². The van der Waals surface area contributed by atoms with E-state index in [4.69, 9.17) is 0 Å². The van der Waals surface area contributed by atoms with Crippen LogP contribution in [0, 0.1) is 5.41 Å². The first kappa shape index (κ1) is 14.0. The van der Waals surface area contributed by atoms with E-state index in [1.165, 1.54) is 25.8 Å². The molecular weight excluding hydrogens is 218 g/mol. The summed E-state index contributed by atoms with van der Waals surface area (Å²) in [5.41, 5.74) is -0.169. The highest BCUT2D eigenvalue weighted by atomic mass is 32.2. The van der Waals surface area contributed by atoms with Crippen molar-refractivity contribution < 1.29 is 4.79 Å². The number of rotatable bonds is 5. The van der Waals surface area contributed by atoms with Crippen LogP contribution in [0.15, 0.2) is 0 Å². The minimum atomic E-state index is -0.169. The molecule has 0 radical (unpaired) electrons. The van der Waals surface area contributed by atoms with E-state index in [0.29, 0.717) is 11.5 Å². The third-order valence-electron chi connectivity index (χ3n) is 3.34. The standard InChI is InChI=1S/C13H25NOS/c1-13(2,3)12(15)10-16-9-7-11-6-5-8-14(11)4/h11H,5-10H2,1-4H3/t11-/m1/s1. The number of hydrogen-bond acceptors (Lipinski definition) is 3. The molecule has 1 aliphatic heterocycles. The van der Waals surface area contributed by atoms with Gasteiger partial charge in [0.05, 0.1) is 5.75 Å². The topological polar surface area (TPSA) is 20.3 Å². The maximum absolute atomic E-state index is 11.7. The molecule has 0 aromatic rings. The second-order valence-corrected chi connectivity index (χ2v) is 6.90. The summed E-state index contributed by atoms with van der Waals surface area (Å²) in [6.07, 6.45) is 3.91. The monoisotopic (exact) mass is 243 g/mol. The van der Waals surface area contributed by atoms with Crippen LogP contribution in [0.5, 0.6) is 0 Å². The van der Waals surface area contributed by atoms with E-state index < -0.39 is 0 Å². The molecule has 0 unspecified atom stereocenters. The van der Waals surface area contributed by atoms with Gasteiger partial charge in [-0.1, -0.05) is 20.8 Å². The van der Waals surface area contributed by atoms with Gasteiger partial charge < -0.3 is 4.90 Å². The quantitative estimate of drug-likeness (QED) is 0.693. The zero-order chi connectivity index (χ0) is 12.2. The Morgan fingerprint density at radius 3 is 2.62 bits per heavy atom. The average Bonchev–Trinajstić information content (AvgIpc) is 2.57. The van der Waals surface area contributed by atoms with Crippen LogP contribution in [0.3, 0.4) is 0 Å². The summed E-state index contributed by atoms with van der Waals surface area (Å²) in [6, 6.07) is 0.761. The van der Waals surface area contributed by atoms with Gasteiger partial charge in [0.25, 0.3) is 0 Å². The van der Waals surface area contributed by atoms with Crippen molar-refractivity contribution in [2.24, 2.45) is 5.41 Å². The van der Waals surface area contributed by atoms with Gasteiger partial charge in [0, 0.05) is 11.5 Å². The van der Waals surface area contributed by atoms with Gasteiger partial charge in [-0.15, -0.1) is 0 Å². The number of Topliss-reactive ketones (excluding diaryl/α,β-unsaturated/α-hetero) is 1. The molecule has 0 amide bonds. The molecule has 0 aliphatic carbocycles. The maximum Gasteiger partial charge on any atom is 0.148 e. The summed E-state index contributed by atoms with van der Waals surface area (Å²) < 4.78 is 0. The van der Waals surface area contributed by atoms with Crippen molar-refractivity contribution in [1.82, 2.24) is 4.90 Å². The molecule has 2 nitrogen and oxygen atoms in total. The molecule has 1 atom stereocenters. The number of thioether (sulfide) groups is 1. The predicted octanol–water partition coefficient (Wildman–Crippen LogP) is 2.82. The Morgan fingerprint density at radius 1 is 1.44 bits per heavy atom. The fourth-order valence-corrected chi connectivity index (χ4v) is 3.15. The van der Waals surface area contributed by atoms with Gasteiger partial charge >= 0.3 is 0 Å². The fraction of sp³-hybridized carbons (Fsp3) is 0.923. The Labute approximate surface area is 104 Å². The molecule has 0 saturated carbocycles. The molecular formula is C13H25NOS. The van der Waals surface area contributed by atoms with Gasteiger partial charge in [0.1, 0.15) is 5.78 Å². The van der Waals surface area contributed by atoms with Gasteiger partial charge in [0.2, 0.25) is 0 Å². The van der Waals surface area contributed by atoms with Crippen molar-refractivity contribution in [3.63, 3.8) is 0 Å². The zero-order valence-corrected chi connectivity index (χ0v) is 11.9. The summed E-state index contributed by atoms with van der Waals surface area (Å²) >= 11 is 1.80. The smallest absolute Gasteiger partial charge is 0.148 e. The van der Waals surface area contributed by atoms with Gasteiger partial charge in [0.15, 0.2) is 0 Å². The lowest BCUT2D eigenvalue weighted by Gasteiger charge is -2.19. The van der Waals surface area contributed by atoms with E-state index >= 15 is 0 Å². The Hall–Kier alpha value is -0.0200. The summed E-state index contributed by atoms with van der Waals surface area (Å²) in [7, 11) is 2.21. The van der Waals surface area contributed by atoms with Crippen LogP contribution in [-0.4, -0.2) is 41.8 Å². The largest absolute Gasteiger partial charge is 0.303 e. The Kier molecular flexibility index (Phi) is 5.32. The van der Waals surface area contributed by atoms with Gasteiger partial charge in [-0.05, 0) is 38.6 Å². The Bertz CT molecular complexity index is 235. The number of hydrogen-bond donors (Lipinski definition) is 0. The van der Waals surface area contributed by atoms with E-state index in [1.54, 1.807) is 11.8 Å². The normalized spacial score (nSPS) is 22.6. The van der Waals surface area contributed by atoms with Gasteiger partial charge in [-0.3, -0.25) is 4.79 Å². The fourth-order valence-electron chi connectivity index (χ4n) is 1.94. The van der Waals surface area contributed by atoms with Crippen LogP contribution in [0.2, 0.25) is 0 Å². The number of carbonyl (C=O) groups is 1. The molecule has 94 valence electrons. The Morgan fingerprint density at radius 2 is 2.12 bits per heavy atom. The van der Waals surface area contributed by atoms with Crippen molar-refractivity contribution in [2.45, 2.75) is 46.1 Å². The second kappa shape index (κ2) is 6.06. The van der Waals surface area contributed by atoms with Crippen molar-refractivity contribution in [1.29, 1.82) is 0 Å². The molecule has 3 heteroatoms. The van der Waals surface area contributed by atoms with Crippen LogP contribution >= 0.6 is 11.8 Å². The highest BCUT2D eigenvalue weighted by Gasteiger charge is 2.22. The zero-order valence-electron chi connectivity index (χ0n) is 11.1. The molecule has 0 spiro atoms. The lowest BCUT2D eigenvalue weighted by molar-refractivity contribution is -0.123. The average molecular weight is 243 g/mol. The predicted molar refractivity (Wildman–Crippen MR) is 72.1 cm³/mol. The lowest BCUT2D eigenvalue weighted by Crippen LogP contribution is -2.26. The molecule has 0 bridgehead atoms. The third-order valence-corrected chi connectivity index (χ3v) is 4.33. The molecule has 1 rings (SSSR count). The highest BCUT2D eigenvalue weighted by Crippen LogP contribution is 2.22.